The Bertz CT molecular complexity index is 2390. The van der Waals surface area contributed by atoms with Crippen molar-refractivity contribution in [2.24, 2.45) is 0 Å². The molecule has 2 aliphatic heterocycles. The Hall–Kier alpha value is -4.92. The summed E-state index contributed by atoms with van der Waals surface area (Å²) in [5.41, 5.74) is 0.805. The van der Waals surface area contributed by atoms with E-state index >= 15 is 4.39 Å². The molecule has 15 heteroatoms. The lowest BCUT2D eigenvalue weighted by Crippen LogP contribution is -2.51. The minimum absolute atomic E-state index is 0.0128. The van der Waals surface area contributed by atoms with Gasteiger partial charge in [-0.3, -0.25) is 4.98 Å². The Morgan fingerprint density at radius 2 is 1.65 bits per heavy atom. The number of hydrogen-bond donors (Lipinski definition) is 1. The Labute approximate surface area is 297 Å². The van der Waals surface area contributed by atoms with Crippen molar-refractivity contribution in [3.05, 3.63) is 89.9 Å². The van der Waals surface area contributed by atoms with E-state index < -0.39 is 15.8 Å². The summed E-state index contributed by atoms with van der Waals surface area (Å²) in [7, 11) is -3.88. The normalized spacial score (nSPS) is 18.8. The second-order valence-electron chi connectivity index (χ2n) is 13.1. The molecule has 2 bridgehead atoms. The van der Waals surface area contributed by atoms with Crippen molar-refractivity contribution in [2.75, 3.05) is 31.2 Å². The number of pyridine rings is 1. The van der Waals surface area contributed by atoms with Gasteiger partial charge in [0.2, 0.25) is 0 Å². The fourth-order valence-electron chi connectivity index (χ4n) is 6.99. The summed E-state index contributed by atoms with van der Waals surface area (Å²) in [6.07, 6.45) is 6.95. The summed E-state index contributed by atoms with van der Waals surface area (Å²) in [5, 5.41) is 10.4. The molecule has 3 aromatic carbocycles. The lowest BCUT2D eigenvalue weighted by molar-refractivity contribution is 0.206. The first-order valence-electron chi connectivity index (χ1n) is 16.9. The largest absolute Gasteiger partial charge is 0.490 e. The lowest BCUT2D eigenvalue weighted by atomic mass is 10.0. The molecule has 2 unspecified atom stereocenters. The van der Waals surface area contributed by atoms with Crippen molar-refractivity contribution in [1.29, 1.82) is 0 Å². The zero-order chi connectivity index (χ0) is 34.7. The maximum atomic E-state index is 16.6. The molecule has 3 aliphatic rings. The van der Waals surface area contributed by atoms with Gasteiger partial charge in [0.05, 0.1) is 10.3 Å². The molecule has 51 heavy (non-hydrogen) atoms. The smallest absolute Gasteiger partial charge is 0.319 e. The van der Waals surface area contributed by atoms with Crippen LogP contribution in [0.2, 0.25) is 5.02 Å². The Morgan fingerprint density at radius 3 is 2.41 bits per heavy atom. The van der Waals surface area contributed by atoms with Gasteiger partial charge in [-0.15, -0.1) is 9.19 Å². The van der Waals surface area contributed by atoms with Crippen LogP contribution in [0.1, 0.15) is 37.4 Å². The third-order valence-corrected chi connectivity index (χ3v) is 11.5. The number of halogens is 2. The van der Waals surface area contributed by atoms with Crippen molar-refractivity contribution in [2.45, 2.75) is 48.6 Å². The van der Waals surface area contributed by atoms with Gasteiger partial charge < -0.3 is 19.7 Å². The van der Waals surface area contributed by atoms with E-state index in [2.05, 4.69) is 30.3 Å². The molecule has 0 spiro atoms. The van der Waals surface area contributed by atoms with Crippen LogP contribution in [-0.4, -0.2) is 75.9 Å². The molecule has 3 fully saturated rings. The average Bonchev–Trinajstić information content (AvgIpc) is 3.77. The summed E-state index contributed by atoms with van der Waals surface area (Å²) >= 11 is 6.60. The average molecular weight is 727 g/mol. The van der Waals surface area contributed by atoms with E-state index in [0.29, 0.717) is 50.8 Å². The number of hydrogen-bond acceptors (Lipinski definition) is 11. The first-order chi connectivity index (χ1) is 24.8. The number of anilines is 1. The van der Waals surface area contributed by atoms with Gasteiger partial charge in [-0.1, -0.05) is 41.9 Å². The van der Waals surface area contributed by atoms with Crippen molar-refractivity contribution < 1.29 is 22.3 Å². The van der Waals surface area contributed by atoms with Crippen LogP contribution in [0.4, 0.5) is 10.2 Å². The van der Waals surface area contributed by atoms with Crippen molar-refractivity contribution in [3.63, 3.8) is 0 Å². The lowest BCUT2D eigenvalue weighted by Gasteiger charge is -2.34. The molecule has 5 heterocycles. The highest BCUT2D eigenvalue weighted by Gasteiger charge is 2.34. The van der Waals surface area contributed by atoms with Gasteiger partial charge in [0.15, 0.2) is 11.6 Å². The number of nitrogens with zero attached hydrogens (tertiary/aromatic N) is 7. The van der Waals surface area contributed by atoms with Gasteiger partial charge in [0.1, 0.15) is 42.3 Å². The second kappa shape index (κ2) is 12.7. The molecule has 6 aromatic rings. The van der Waals surface area contributed by atoms with Gasteiger partial charge in [-0.25, -0.2) is 9.37 Å². The molecular weight excluding hydrogens is 695 g/mol. The Morgan fingerprint density at radius 1 is 0.902 bits per heavy atom. The maximum absolute atomic E-state index is 16.6. The van der Waals surface area contributed by atoms with Crippen LogP contribution in [0.5, 0.6) is 11.8 Å². The van der Waals surface area contributed by atoms with Gasteiger partial charge in [-0.2, -0.15) is 18.4 Å². The molecule has 1 aliphatic carbocycles. The number of fused-ring (bicyclic) bond motifs is 4. The van der Waals surface area contributed by atoms with Crippen molar-refractivity contribution in [3.8, 4) is 23.0 Å². The fraction of sp³-hybridized carbons (Fsp3) is 0.306. The third kappa shape index (κ3) is 6.00. The standard InChI is InChI=1S/C36H32ClFN8O4S/c37-29-6-2-4-21-3-1-5-27(30(21)29)32-31(38)33-28(17-39-32)35(45-18-23-9-10-24(19-45)41-23)43-36(42-33)50-16-15-49-25-11-13-26(14-12-25)51(47,48)46-20-40-34(44-46)22-7-8-22/h1-6,11-14,17,20,22-24,41H,7-10,15-16,18-19H2. The van der Waals surface area contributed by atoms with Crippen LogP contribution in [-0.2, 0) is 10.0 Å². The topological polar surface area (TPSA) is 137 Å². The predicted octanol–water partition coefficient (Wildman–Crippen LogP) is 5.74. The van der Waals surface area contributed by atoms with Crippen LogP contribution < -0.4 is 19.7 Å². The monoisotopic (exact) mass is 726 g/mol. The van der Waals surface area contributed by atoms with E-state index in [0.717, 1.165) is 48.2 Å². The van der Waals surface area contributed by atoms with Crippen LogP contribution in [0.15, 0.2) is 78.1 Å². The number of benzene rings is 3. The molecule has 1 N–H and O–H groups in total. The highest BCUT2D eigenvalue weighted by Crippen LogP contribution is 2.39. The third-order valence-electron chi connectivity index (χ3n) is 9.65. The highest BCUT2D eigenvalue weighted by molar-refractivity contribution is 7.89. The van der Waals surface area contributed by atoms with E-state index in [4.69, 9.17) is 26.1 Å². The van der Waals surface area contributed by atoms with Gasteiger partial charge in [-0.05, 0) is 61.4 Å². The first kappa shape index (κ1) is 32.0. The van der Waals surface area contributed by atoms with Gasteiger partial charge in [0, 0.05) is 53.3 Å². The van der Waals surface area contributed by atoms with Gasteiger partial charge in [0.25, 0.3) is 10.0 Å². The van der Waals surface area contributed by atoms with E-state index in [1.165, 1.54) is 18.5 Å². The number of piperazine rings is 1. The van der Waals surface area contributed by atoms with E-state index in [9.17, 15) is 8.42 Å². The maximum Gasteiger partial charge on any atom is 0.319 e. The van der Waals surface area contributed by atoms with E-state index in [-0.39, 0.29) is 41.2 Å². The van der Waals surface area contributed by atoms with Crippen LogP contribution in [0, 0.1) is 5.82 Å². The van der Waals surface area contributed by atoms with Crippen LogP contribution in [0.25, 0.3) is 32.9 Å². The minimum atomic E-state index is -3.88. The van der Waals surface area contributed by atoms with Crippen molar-refractivity contribution in [1.82, 2.24) is 34.4 Å². The zero-order valence-corrected chi connectivity index (χ0v) is 28.8. The minimum Gasteiger partial charge on any atom is -0.490 e. The Balaban J connectivity index is 0.966. The SMILES string of the molecule is O=S(=O)(c1ccc(OCCOc2nc(N3CC4CCC(C3)N4)c3cnc(-c4cccc5cccc(Cl)c45)c(F)c3n2)cc1)n1cnc(C2CC2)n1. The molecular formula is C36H32ClFN8O4S. The predicted molar refractivity (Wildman–Crippen MR) is 189 cm³/mol. The molecule has 0 radical (unpaired) electrons. The number of aromatic nitrogens is 6. The first-order valence-corrected chi connectivity index (χ1v) is 18.7. The highest BCUT2D eigenvalue weighted by atomic mass is 35.5. The molecule has 2 atom stereocenters. The molecule has 2 saturated heterocycles. The van der Waals surface area contributed by atoms with Crippen LogP contribution >= 0.6 is 11.6 Å². The van der Waals surface area contributed by atoms with E-state index in [1.807, 2.05) is 24.3 Å². The molecule has 1 saturated carbocycles. The molecule has 0 amide bonds. The van der Waals surface area contributed by atoms with Crippen molar-refractivity contribution >= 4 is 49.1 Å². The summed E-state index contributed by atoms with van der Waals surface area (Å²) < 4.78 is 55.4. The fourth-order valence-corrected chi connectivity index (χ4v) is 8.33. The molecule has 9 rings (SSSR count). The van der Waals surface area contributed by atoms with E-state index in [1.54, 1.807) is 30.5 Å². The summed E-state index contributed by atoms with van der Waals surface area (Å²) in [4.78, 5) is 20.3. The number of nitrogens with one attached hydrogen (secondary N) is 1. The molecule has 12 nitrogen and oxygen atoms in total. The molecule has 260 valence electrons. The van der Waals surface area contributed by atoms with Crippen LogP contribution in [0.3, 0.4) is 0 Å². The molecule has 3 aromatic heterocycles. The number of rotatable bonds is 10. The summed E-state index contributed by atoms with van der Waals surface area (Å²) in [5.74, 6) is 1.22. The second-order valence-corrected chi connectivity index (χ2v) is 15.3. The summed E-state index contributed by atoms with van der Waals surface area (Å²) in [6, 6.07) is 17.8. The van der Waals surface area contributed by atoms with Gasteiger partial charge >= 0.3 is 6.01 Å². The number of ether oxygens (including phenoxy) is 2. The quantitative estimate of drug-likeness (QED) is 0.173. The summed E-state index contributed by atoms with van der Waals surface area (Å²) in [6.45, 7) is 1.60. The zero-order valence-electron chi connectivity index (χ0n) is 27.2. The Kier molecular flexibility index (Phi) is 7.97.